The van der Waals surface area contributed by atoms with Gasteiger partial charge < -0.3 is 4.42 Å². The summed E-state index contributed by atoms with van der Waals surface area (Å²) in [4.78, 5) is 0. The lowest BCUT2D eigenvalue weighted by Gasteiger charge is -2.20. The largest absolute Gasteiger partial charge is 0.461 e. The molecular weight excluding hydrogens is 1060 g/mol. The van der Waals surface area contributed by atoms with E-state index in [2.05, 4.69) is 304 Å². The summed E-state index contributed by atoms with van der Waals surface area (Å²) in [6.45, 7) is 6.01. The first kappa shape index (κ1) is 51.1. The highest BCUT2D eigenvalue weighted by Gasteiger charge is 2.23. The smallest absolute Gasteiger partial charge is 0.135 e. The van der Waals surface area contributed by atoms with Crippen LogP contribution in [0, 0.1) is 6.92 Å². The molecule has 0 saturated heterocycles. The number of fused-ring (bicyclic) bond motifs is 10. The minimum atomic E-state index is 0.874. The number of furan rings is 1. The number of hydrogen-bond donors (Lipinski definition) is 0. The van der Waals surface area contributed by atoms with Gasteiger partial charge in [-0.2, -0.15) is 0 Å². The molecule has 88 heavy (non-hydrogen) atoms. The van der Waals surface area contributed by atoms with Gasteiger partial charge in [0.05, 0.1) is 0 Å². The van der Waals surface area contributed by atoms with Crippen LogP contribution in [0.25, 0.3) is 181 Å². The van der Waals surface area contributed by atoms with Gasteiger partial charge in [0.1, 0.15) is 11.3 Å². The van der Waals surface area contributed by atoms with E-state index >= 15 is 0 Å². The van der Waals surface area contributed by atoms with E-state index in [9.17, 15) is 0 Å². The van der Waals surface area contributed by atoms with Crippen molar-refractivity contribution in [3.8, 4) is 77.9 Å². The number of allylic oxidation sites excluding steroid dienone is 2. The molecule has 410 valence electrons. The number of hydrogen-bond acceptors (Lipinski definition) is 1. The summed E-state index contributed by atoms with van der Waals surface area (Å²) in [5.74, 6) is 0.888. The topological polar surface area (TPSA) is 13.1 Å². The average molecular weight is 1120 g/mol. The predicted molar refractivity (Wildman–Crippen MR) is 378 cm³/mol. The Labute approximate surface area is 510 Å². The maximum Gasteiger partial charge on any atom is 0.135 e. The minimum absolute atomic E-state index is 0.874. The maximum absolute atomic E-state index is 6.37. The summed E-state index contributed by atoms with van der Waals surface area (Å²) >= 11 is 0. The molecule has 0 radical (unpaired) electrons. The van der Waals surface area contributed by atoms with Crippen LogP contribution in [0.3, 0.4) is 0 Å². The van der Waals surface area contributed by atoms with Crippen molar-refractivity contribution >= 4 is 103 Å². The lowest BCUT2D eigenvalue weighted by atomic mass is 9.83. The molecule has 0 saturated carbocycles. The van der Waals surface area contributed by atoms with Gasteiger partial charge in [0.2, 0.25) is 0 Å². The van der Waals surface area contributed by atoms with Crippen LogP contribution >= 0.6 is 0 Å². The molecular formula is C87H56O. The maximum atomic E-state index is 6.37. The molecule has 0 aliphatic carbocycles. The van der Waals surface area contributed by atoms with Gasteiger partial charge in [-0.3, -0.25) is 0 Å². The fourth-order valence-corrected chi connectivity index (χ4v) is 14.6. The van der Waals surface area contributed by atoms with E-state index in [1.165, 1.54) is 153 Å². The second-order valence-corrected chi connectivity index (χ2v) is 23.4. The van der Waals surface area contributed by atoms with Crippen molar-refractivity contribution in [2.45, 2.75) is 6.92 Å². The summed E-state index contributed by atoms with van der Waals surface area (Å²) < 4.78 is 6.37. The third kappa shape index (κ3) is 8.16. The second kappa shape index (κ2) is 20.7. The fourth-order valence-electron chi connectivity index (χ4n) is 14.6. The average Bonchev–Trinajstić information content (AvgIpc) is 0.992. The molecule has 1 heterocycles. The molecule has 0 bridgehead atoms. The predicted octanol–water partition coefficient (Wildman–Crippen LogP) is 24.8. The molecule has 0 amide bonds. The molecule has 0 spiro atoms. The molecule has 0 aliphatic heterocycles. The molecule has 1 aromatic heterocycles. The molecule has 0 fully saturated rings. The van der Waals surface area contributed by atoms with Crippen LogP contribution in [0.15, 0.2) is 314 Å². The summed E-state index contributed by atoms with van der Waals surface area (Å²) in [5, 5.41) is 20.7. The van der Waals surface area contributed by atoms with E-state index in [1.807, 2.05) is 19.1 Å². The quantitative estimate of drug-likeness (QED) is 0.0798. The van der Waals surface area contributed by atoms with Crippen molar-refractivity contribution in [3.05, 3.63) is 321 Å². The van der Waals surface area contributed by atoms with E-state index in [0.717, 1.165) is 33.4 Å². The van der Waals surface area contributed by atoms with Gasteiger partial charge in [0, 0.05) is 10.9 Å². The molecule has 17 aromatic rings. The fraction of sp³-hybridized carbons (Fsp3) is 0.0115. The van der Waals surface area contributed by atoms with Gasteiger partial charge in [-0.15, -0.1) is 0 Å². The lowest BCUT2D eigenvalue weighted by molar-refractivity contribution is 0.577. The van der Waals surface area contributed by atoms with Gasteiger partial charge in [-0.25, -0.2) is 0 Å². The van der Waals surface area contributed by atoms with Crippen LogP contribution < -0.4 is 0 Å². The van der Waals surface area contributed by atoms with E-state index in [4.69, 9.17) is 4.42 Å². The molecule has 0 aliphatic rings. The van der Waals surface area contributed by atoms with Gasteiger partial charge in [0.15, 0.2) is 0 Å². The standard InChI is InChI=1S/C87H56O/c1-3-4-28-64-54(2)88-82-40-21-37-65(87(64)82)61-44-41-55-27-20-39-75(77(55)51-61)86-73-36-18-15-33-70(73)84(58-24-9-6-10-25-58)76-48-47-60(50-81(76)86)59-43-46-63-53-80(67-30-12-11-29-66(67)79(63)49-59)62-45-42-56-26-19-38-74(78(56)52-62)85-71-34-16-13-31-68(71)83(57-22-7-5-8-23-57)69-32-14-17-35-72(69)85/h3-53H,1H2,2H3/b28-4-. The minimum Gasteiger partial charge on any atom is -0.461 e. The Hall–Kier alpha value is -11.4. The molecule has 0 N–H and O–H groups in total. The Morgan fingerprint density at radius 1 is 0.273 bits per heavy atom. The highest BCUT2D eigenvalue weighted by Crippen LogP contribution is 2.50. The molecule has 0 atom stereocenters. The van der Waals surface area contributed by atoms with Crippen molar-refractivity contribution in [1.29, 1.82) is 0 Å². The summed E-state index contributed by atoms with van der Waals surface area (Å²) in [6.07, 6.45) is 5.92. The zero-order valence-corrected chi connectivity index (χ0v) is 48.6. The molecule has 0 unspecified atom stereocenters. The van der Waals surface area contributed by atoms with Crippen LogP contribution in [-0.4, -0.2) is 0 Å². The summed E-state index contributed by atoms with van der Waals surface area (Å²) in [7, 11) is 0. The van der Waals surface area contributed by atoms with Crippen molar-refractivity contribution in [2.75, 3.05) is 0 Å². The first-order chi connectivity index (χ1) is 43.5. The lowest BCUT2D eigenvalue weighted by Crippen LogP contribution is -1.93. The highest BCUT2D eigenvalue weighted by molar-refractivity contribution is 6.26. The normalized spacial score (nSPS) is 11.9. The van der Waals surface area contributed by atoms with Crippen molar-refractivity contribution in [2.24, 2.45) is 0 Å². The molecule has 1 nitrogen and oxygen atoms in total. The molecule has 17 rings (SSSR count). The van der Waals surface area contributed by atoms with Crippen LogP contribution in [0.4, 0.5) is 0 Å². The van der Waals surface area contributed by atoms with E-state index < -0.39 is 0 Å². The third-order valence-corrected chi connectivity index (χ3v) is 18.5. The monoisotopic (exact) mass is 1120 g/mol. The van der Waals surface area contributed by atoms with Crippen LogP contribution in [0.2, 0.25) is 0 Å². The van der Waals surface area contributed by atoms with Crippen LogP contribution in [-0.2, 0) is 0 Å². The Morgan fingerprint density at radius 2 is 0.693 bits per heavy atom. The first-order valence-corrected chi connectivity index (χ1v) is 30.4. The van der Waals surface area contributed by atoms with E-state index in [-0.39, 0.29) is 0 Å². The zero-order chi connectivity index (χ0) is 58.4. The Balaban J connectivity index is 0.841. The molecule has 1 heteroatoms. The van der Waals surface area contributed by atoms with Gasteiger partial charge >= 0.3 is 0 Å². The van der Waals surface area contributed by atoms with Crippen LogP contribution in [0.5, 0.6) is 0 Å². The number of rotatable bonds is 9. The van der Waals surface area contributed by atoms with Crippen LogP contribution in [0.1, 0.15) is 11.3 Å². The second-order valence-electron chi connectivity index (χ2n) is 23.4. The Bertz CT molecular complexity index is 5700. The molecule has 16 aromatic carbocycles. The first-order valence-electron chi connectivity index (χ1n) is 30.4. The van der Waals surface area contributed by atoms with E-state index in [1.54, 1.807) is 0 Å². The van der Waals surface area contributed by atoms with Crippen molar-refractivity contribution < 1.29 is 4.42 Å². The SMILES string of the molecule is C=C/C=C\c1c(C)oc2cccc(-c3ccc4cccc(-c5c6ccccc6c(-c6ccccc6)c6ccc(-c7ccc8cc(-c9ccc%10cccc(-c%11c%12ccccc%12c(-c%12ccccc%12)c%12ccccc%11%12)c%10c9)c9ccccc9c8c7)cc56)c4c3)c12. The van der Waals surface area contributed by atoms with Gasteiger partial charge in [-0.1, -0.05) is 280 Å². The van der Waals surface area contributed by atoms with Crippen molar-refractivity contribution in [1.82, 2.24) is 0 Å². The number of aryl methyl sites for hydroxylation is 1. The van der Waals surface area contributed by atoms with E-state index in [0.29, 0.717) is 0 Å². The summed E-state index contributed by atoms with van der Waals surface area (Å²) in [5.41, 5.74) is 18.8. The highest BCUT2D eigenvalue weighted by atomic mass is 16.3. The summed E-state index contributed by atoms with van der Waals surface area (Å²) in [6, 6.07) is 108. The number of benzene rings is 16. The van der Waals surface area contributed by atoms with Crippen molar-refractivity contribution in [3.63, 3.8) is 0 Å². The Kier molecular flexibility index (Phi) is 12.0. The Morgan fingerprint density at radius 3 is 1.26 bits per heavy atom. The van der Waals surface area contributed by atoms with Gasteiger partial charge in [-0.05, 0) is 207 Å². The zero-order valence-electron chi connectivity index (χ0n) is 48.6. The van der Waals surface area contributed by atoms with Gasteiger partial charge in [0.25, 0.3) is 0 Å². The third-order valence-electron chi connectivity index (χ3n) is 18.5.